The Morgan fingerprint density at radius 3 is 1.32 bits per heavy atom. The van der Waals surface area contributed by atoms with E-state index in [1.807, 2.05) is 0 Å². The molecule has 2 amide bonds. The maximum atomic E-state index is 15.1. The van der Waals surface area contributed by atoms with Gasteiger partial charge in [0.15, 0.2) is 53.1 Å². The van der Waals surface area contributed by atoms with Crippen LogP contribution in [0.25, 0.3) is 0 Å². The van der Waals surface area contributed by atoms with Gasteiger partial charge in [-0.25, -0.2) is 38.4 Å². The van der Waals surface area contributed by atoms with E-state index in [2.05, 4.69) is 5.32 Å². The van der Waals surface area contributed by atoms with Crippen molar-refractivity contribution in [3.05, 3.63) is 94.1 Å². The van der Waals surface area contributed by atoms with Gasteiger partial charge in [0.1, 0.15) is 64.6 Å². The second-order valence-electron chi connectivity index (χ2n) is 38.3. The lowest BCUT2D eigenvalue weighted by Gasteiger charge is -2.67. The van der Waals surface area contributed by atoms with Gasteiger partial charge in [-0.15, -0.1) is 0 Å². The molecule has 6 unspecified atom stereocenters. The van der Waals surface area contributed by atoms with Gasteiger partial charge >= 0.3 is 48.4 Å². The van der Waals surface area contributed by atoms with E-state index in [1.54, 1.807) is 91.8 Å². The van der Waals surface area contributed by atoms with Crippen molar-refractivity contribution in [1.29, 1.82) is 0 Å². The summed E-state index contributed by atoms with van der Waals surface area (Å²) in [5.74, 6) is -9.45. The Morgan fingerprint density at radius 1 is 0.576 bits per heavy atom. The number of cyclic esters (lactones) is 1. The van der Waals surface area contributed by atoms with Gasteiger partial charge in [-0.1, -0.05) is 98.7 Å². The van der Waals surface area contributed by atoms with Crippen molar-refractivity contribution in [2.24, 2.45) is 44.3 Å². The van der Waals surface area contributed by atoms with Gasteiger partial charge in [-0.3, -0.25) is 14.5 Å². The van der Waals surface area contributed by atoms with Crippen LogP contribution >= 0.6 is 0 Å². The van der Waals surface area contributed by atoms with Gasteiger partial charge in [0.2, 0.25) is 0 Å². The molecule has 0 radical (unpaired) electrons. The van der Waals surface area contributed by atoms with Crippen LogP contribution in [0.1, 0.15) is 185 Å². The summed E-state index contributed by atoms with van der Waals surface area (Å²) in [6.07, 6.45) is -26.0. The predicted molar refractivity (Wildman–Crippen MR) is 406 cm³/mol. The normalized spacial score (nSPS) is 38.9. The Hall–Kier alpha value is -8.26. The smallest absolute Gasteiger partial charge is 0.455 e. The standard InChI is InChI=1S/2C42H57NO16/c1-20-24-25(45)29(46)40(10)22(44)17-23-41(19-54-23,59-35(51)53-11)27(40)30(56-31(47)21-15-13-12-14-16-21)42(52,38(24,7)8)18-39(20,9)57-32(48)26-28(37(5,6)33(49)55-26)43-34(50)58-36(2,3)4;1-20-24-25(45)29(47)40(10)22(44)17-23-41(19-55-23,59-35(52)54-11)27(40)30(56-31(48)21-15-13-12-14-16-21)42(53,37(24,5)6)18-39(20,9)57-32(49)26(46)28(36(2,3)4)43-33(50)38(7,8)58-34(43)51/h12-16,22-23,25-28,30,33,44-45,49,52H,17-19H2,1-11H3,(H,43,50);12-16,22-23,25-28,30,33,44-46,50,53H,17-19H2,1-11H3/t22-,23+,25+,26?,27?,28+,30-,33?,39-,40+,41-,42+;22?,23-,25-,26-,27?,28-,30+,33?,39+,40-,41+,42-/m01/s1. The van der Waals surface area contributed by atoms with Crippen molar-refractivity contribution < 1.29 is 155 Å². The molecule has 12 rings (SSSR count). The molecule has 4 aliphatic heterocycles. The van der Waals surface area contributed by atoms with Crippen LogP contribution in [0, 0.1) is 44.3 Å². The van der Waals surface area contributed by atoms with E-state index in [0.29, 0.717) is 0 Å². The number of nitrogens with one attached hydrogen (secondary N) is 1. The van der Waals surface area contributed by atoms with E-state index in [9.17, 15) is 84.3 Å². The lowest BCUT2D eigenvalue weighted by atomic mass is 9.44. The molecule has 34 nitrogen and oxygen atoms in total. The number of fused-ring (bicyclic) bond motifs is 10. The van der Waals surface area contributed by atoms with Gasteiger partial charge in [0.05, 0.1) is 85.5 Å². The van der Waals surface area contributed by atoms with Gasteiger partial charge in [-0.05, 0) is 128 Å². The van der Waals surface area contributed by atoms with Crippen molar-refractivity contribution in [2.75, 3.05) is 27.4 Å². The third kappa shape index (κ3) is 14.0. The highest BCUT2D eigenvalue weighted by molar-refractivity contribution is 5.96. The highest BCUT2D eigenvalue weighted by atomic mass is 16.8. The third-order valence-corrected chi connectivity index (χ3v) is 27.6. The van der Waals surface area contributed by atoms with Crippen LogP contribution in [0.3, 0.4) is 0 Å². The number of ether oxygens (including phenoxy) is 13. The van der Waals surface area contributed by atoms with E-state index in [-0.39, 0.29) is 59.5 Å². The number of Topliss-reactive ketones (excluding diaryl/α,β-unsaturated/α-hetero) is 2. The maximum Gasteiger partial charge on any atom is 0.508 e. The van der Waals surface area contributed by atoms with Crippen LogP contribution in [0.4, 0.5) is 19.2 Å². The fraction of sp³-hybridized carbons (Fsp3) is 0.690. The minimum atomic E-state index is -2.45. The van der Waals surface area contributed by atoms with Crippen LogP contribution in [0.15, 0.2) is 83.0 Å². The number of rotatable bonds is 13. The molecular weight excluding hydrogens is 1550 g/mol. The van der Waals surface area contributed by atoms with Crippen molar-refractivity contribution in [3.8, 4) is 0 Å². The number of hydrogen-bond donors (Lipinski definition) is 10. The highest BCUT2D eigenvalue weighted by Crippen LogP contribution is 2.68. The number of aliphatic hydroxyl groups excluding tert-OH is 7. The molecule has 652 valence electrons. The number of carbonyl (C=O) groups excluding carboxylic acids is 10. The fourth-order valence-corrected chi connectivity index (χ4v) is 20.4. The lowest BCUT2D eigenvalue weighted by molar-refractivity contribution is -0.345. The Morgan fingerprint density at radius 2 is 0.975 bits per heavy atom. The van der Waals surface area contributed by atoms with E-state index in [0.717, 1.165) is 19.1 Å². The zero-order valence-corrected chi connectivity index (χ0v) is 70.6. The van der Waals surface area contributed by atoms with Gasteiger partial charge in [-0.2, -0.15) is 0 Å². The molecule has 4 saturated carbocycles. The quantitative estimate of drug-likeness (QED) is 0.0677. The highest BCUT2D eigenvalue weighted by Gasteiger charge is 2.82. The first-order valence-corrected chi connectivity index (χ1v) is 39.3. The van der Waals surface area contributed by atoms with Crippen LogP contribution in [-0.4, -0.2) is 269 Å². The van der Waals surface area contributed by atoms with E-state index in [4.69, 9.17) is 61.6 Å². The number of methoxy groups -OCH3 is 2. The van der Waals surface area contributed by atoms with Crippen LogP contribution < -0.4 is 5.32 Å². The molecule has 4 heterocycles. The molecule has 4 saturated heterocycles. The van der Waals surface area contributed by atoms with Crippen LogP contribution in [0.5, 0.6) is 0 Å². The number of nitrogens with zero attached hydrogens (tertiary/aromatic N) is 1. The number of amides is 2. The fourth-order valence-electron chi connectivity index (χ4n) is 20.4. The third-order valence-electron chi connectivity index (χ3n) is 27.6. The van der Waals surface area contributed by atoms with Gasteiger partial charge < -0.3 is 113 Å². The first-order chi connectivity index (χ1) is 54.2. The first kappa shape index (κ1) is 90.5. The molecule has 4 bridgehead atoms. The number of esters is 4. The number of benzene rings is 2. The largest absolute Gasteiger partial charge is 0.508 e. The summed E-state index contributed by atoms with van der Waals surface area (Å²) in [6, 6.07) is 12.9. The maximum absolute atomic E-state index is 15.1. The molecular formula is C84H114N2O32. The average Bonchev–Trinajstić information content (AvgIpc) is 0.744. The summed E-state index contributed by atoms with van der Waals surface area (Å²) < 4.78 is 74.9. The summed E-state index contributed by atoms with van der Waals surface area (Å²) in [7, 11) is 2.14. The summed E-state index contributed by atoms with van der Waals surface area (Å²) >= 11 is 0. The van der Waals surface area contributed by atoms with Gasteiger partial charge in [0, 0.05) is 41.9 Å². The summed E-state index contributed by atoms with van der Waals surface area (Å²) in [4.78, 5) is 140. The summed E-state index contributed by atoms with van der Waals surface area (Å²) in [5, 5.41) is 112. The molecule has 0 spiro atoms. The molecule has 10 aliphatic rings. The van der Waals surface area contributed by atoms with E-state index in [1.165, 1.54) is 107 Å². The van der Waals surface area contributed by atoms with E-state index < -0.39 is 248 Å². The number of aliphatic hydroxyl groups is 9. The Labute approximate surface area is 683 Å². The monoisotopic (exact) mass is 1660 g/mol. The molecule has 24 atom stereocenters. The molecule has 118 heavy (non-hydrogen) atoms. The number of hydrogen-bond acceptors (Lipinski definition) is 32. The minimum absolute atomic E-state index is 0.0452. The van der Waals surface area contributed by atoms with Crippen LogP contribution in [-0.2, 0) is 80.8 Å². The van der Waals surface area contributed by atoms with Crippen LogP contribution in [0.2, 0.25) is 0 Å². The Balaban J connectivity index is 0.000000231. The molecule has 34 heteroatoms. The van der Waals surface area contributed by atoms with Gasteiger partial charge in [0.25, 0.3) is 0 Å². The second kappa shape index (κ2) is 30.1. The van der Waals surface area contributed by atoms with Crippen molar-refractivity contribution in [1.82, 2.24) is 10.2 Å². The topological polar surface area (TPSA) is 488 Å². The molecule has 2 aromatic carbocycles. The van der Waals surface area contributed by atoms with E-state index >= 15 is 9.59 Å². The Bertz CT molecular complexity index is 4410. The minimum Gasteiger partial charge on any atom is -0.455 e. The predicted octanol–water partition coefficient (Wildman–Crippen LogP) is 5.45. The Kier molecular flexibility index (Phi) is 23.1. The van der Waals surface area contributed by atoms with Crippen molar-refractivity contribution in [2.45, 2.75) is 295 Å². The number of alkyl carbamates (subject to hydrolysis) is 1. The molecule has 10 N–H and O–H groups in total. The van der Waals surface area contributed by atoms with Crippen molar-refractivity contribution in [3.63, 3.8) is 0 Å². The molecule has 8 fully saturated rings. The molecule has 2 aromatic rings. The molecule has 0 aromatic heterocycles. The van der Waals surface area contributed by atoms with Crippen molar-refractivity contribution >= 4 is 59.9 Å². The number of ketones is 2. The lowest BCUT2D eigenvalue weighted by Crippen LogP contribution is -2.82. The summed E-state index contributed by atoms with van der Waals surface area (Å²) in [6.45, 7) is 29.8. The first-order valence-electron chi connectivity index (χ1n) is 39.3. The average molecular weight is 1660 g/mol. The second-order valence-corrected chi connectivity index (χ2v) is 38.3. The number of carbonyl (C=O) groups is 10. The summed E-state index contributed by atoms with van der Waals surface area (Å²) in [5.41, 5.74) is -24.6. The molecule has 6 aliphatic carbocycles. The zero-order chi connectivity index (χ0) is 88.3. The SMILES string of the molecule is COC(=O)O[C@@]12CO[C@@H]1CC(O)[C@@]1(C)C(=O)[C@H](O)C3=C(C)[C@@](C)(OC(=O)[C@H](O)[C@@H](N4C(=O)OC(C)(C)C4O)C(C)(C)C)C[C@@](O)([C@@H](OC(=O)c4ccccc4)C12)C3(C)C.COC(=O)O[C@@]12CO[C@@H]1C[C@H](O)[C@@]1(C)C(=O)[C@H](O)C3=C(C)[C@@](C)(OC(=O)C4OC(O)C(C)(C)[C@@H]4NC(=O)OC(C)(C)C)C[C@@](O)([C@@H](OC(=O)c4ccccc4)C12)C3(C)C. The zero-order valence-electron chi connectivity index (χ0n) is 70.6.